The van der Waals surface area contributed by atoms with E-state index in [4.69, 9.17) is 0 Å². The molecule has 0 unspecified atom stereocenters. The summed E-state index contributed by atoms with van der Waals surface area (Å²) in [7, 11) is 0. The summed E-state index contributed by atoms with van der Waals surface area (Å²) in [6.45, 7) is 0. The van der Waals surface area contributed by atoms with Crippen LogP contribution in [0.5, 0.6) is 0 Å². The van der Waals surface area contributed by atoms with Crippen LogP contribution in [0, 0.1) is 0 Å². The first-order chi connectivity index (χ1) is 8.27. The molecule has 0 atom stereocenters. The Hall–Kier alpha value is -0.540. The highest BCUT2D eigenvalue weighted by atomic mass is 79.9. The molecule has 17 heavy (non-hydrogen) atoms. The van der Waals surface area contributed by atoms with Gasteiger partial charge in [-0.15, -0.1) is 11.8 Å². The van der Waals surface area contributed by atoms with Crippen LogP contribution in [-0.2, 0) is 4.79 Å². The van der Waals surface area contributed by atoms with Gasteiger partial charge in [0.15, 0.2) is 5.78 Å². The van der Waals surface area contributed by atoms with Gasteiger partial charge in [0.2, 0.25) is 0 Å². The first kappa shape index (κ1) is 12.9. The molecule has 1 aromatic carbocycles. The van der Waals surface area contributed by atoms with E-state index in [1.807, 2.05) is 24.3 Å². The van der Waals surface area contributed by atoms with Crippen LogP contribution in [0.15, 0.2) is 45.3 Å². The lowest BCUT2D eigenvalue weighted by atomic mass is 9.97. The van der Waals surface area contributed by atoms with E-state index in [2.05, 4.69) is 22.0 Å². The van der Waals surface area contributed by atoms with Crippen molar-refractivity contribution in [3.05, 3.63) is 40.4 Å². The molecule has 0 heterocycles. The van der Waals surface area contributed by atoms with E-state index >= 15 is 0 Å². The summed E-state index contributed by atoms with van der Waals surface area (Å²) in [6, 6.07) is 8.03. The van der Waals surface area contributed by atoms with E-state index in [1.54, 1.807) is 11.8 Å². The van der Waals surface area contributed by atoms with Gasteiger partial charge in [0, 0.05) is 9.37 Å². The normalized spacial score (nSPS) is 15.5. The van der Waals surface area contributed by atoms with E-state index in [0.29, 0.717) is 11.5 Å². The number of rotatable bonds is 4. The maximum Gasteiger partial charge on any atom is 0.168 e. The predicted octanol–water partition coefficient (Wildman–Crippen LogP) is 4.61. The third-order valence-corrected chi connectivity index (χ3v) is 4.87. The average Bonchev–Trinajstić information content (AvgIpc) is 2.38. The van der Waals surface area contributed by atoms with Crippen molar-refractivity contribution in [1.29, 1.82) is 0 Å². The Morgan fingerprint density at radius 3 is 2.82 bits per heavy atom. The van der Waals surface area contributed by atoms with Crippen molar-refractivity contribution >= 4 is 33.5 Å². The Labute approximate surface area is 115 Å². The van der Waals surface area contributed by atoms with Crippen LogP contribution in [-0.4, -0.2) is 11.5 Å². The van der Waals surface area contributed by atoms with Gasteiger partial charge < -0.3 is 0 Å². The van der Waals surface area contributed by atoms with Crippen LogP contribution in [0.3, 0.4) is 0 Å². The van der Waals surface area contributed by atoms with Crippen LogP contribution in [0.2, 0.25) is 0 Å². The summed E-state index contributed by atoms with van der Waals surface area (Å²) < 4.78 is 1.07. The van der Waals surface area contributed by atoms with Crippen LogP contribution < -0.4 is 0 Å². The molecule has 1 aliphatic carbocycles. The standard InChI is InChI=1S/C14H15BrOS/c15-12-8-4-5-9-14(12)17-10-13(16)11-6-2-1-3-7-11/h4-6,8-9H,1-3,7,10H2. The summed E-state index contributed by atoms with van der Waals surface area (Å²) in [6.07, 6.45) is 6.55. The van der Waals surface area contributed by atoms with Crippen LogP contribution in [0.4, 0.5) is 0 Å². The Kier molecular flexibility index (Phi) is 4.86. The number of halogens is 1. The lowest BCUT2D eigenvalue weighted by Crippen LogP contribution is -2.08. The van der Waals surface area contributed by atoms with Gasteiger partial charge in [-0.1, -0.05) is 18.2 Å². The van der Waals surface area contributed by atoms with E-state index < -0.39 is 0 Å². The van der Waals surface area contributed by atoms with E-state index in [0.717, 1.165) is 34.2 Å². The number of Topliss-reactive ketones (excluding diaryl/α,β-unsaturated/α-hetero) is 1. The highest BCUT2D eigenvalue weighted by Gasteiger charge is 2.12. The molecule has 0 saturated carbocycles. The second kappa shape index (κ2) is 6.41. The molecule has 0 bridgehead atoms. The number of carbonyl (C=O) groups is 1. The second-order valence-electron chi connectivity index (χ2n) is 4.12. The van der Waals surface area contributed by atoms with Crippen molar-refractivity contribution < 1.29 is 4.79 Å². The number of carbonyl (C=O) groups excluding carboxylic acids is 1. The van der Waals surface area contributed by atoms with Gasteiger partial charge in [-0.3, -0.25) is 4.79 Å². The molecule has 0 amide bonds. The molecular formula is C14H15BrOS. The molecular weight excluding hydrogens is 296 g/mol. The van der Waals surface area contributed by atoms with Gasteiger partial charge in [-0.05, 0) is 59.3 Å². The molecule has 0 aromatic heterocycles. The van der Waals surface area contributed by atoms with Crippen molar-refractivity contribution in [2.45, 2.75) is 30.6 Å². The molecule has 0 N–H and O–H groups in total. The quantitative estimate of drug-likeness (QED) is 0.755. The highest BCUT2D eigenvalue weighted by Crippen LogP contribution is 2.28. The molecule has 0 fully saturated rings. The van der Waals surface area contributed by atoms with E-state index in [-0.39, 0.29) is 0 Å². The zero-order valence-electron chi connectivity index (χ0n) is 9.62. The first-order valence-corrected chi connectivity index (χ1v) is 7.65. The number of allylic oxidation sites excluding steroid dienone is 2. The molecule has 0 aliphatic heterocycles. The average molecular weight is 311 g/mol. The topological polar surface area (TPSA) is 17.1 Å². The van der Waals surface area contributed by atoms with Gasteiger partial charge in [-0.2, -0.15) is 0 Å². The van der Waals surface area contributed by atoms with Gasteiger partial charge in [-0.25, -0.2) is 0 Å². The summed E-state index contributed by atoms with van der Waals surface area (Å²) in [4.78, 5) is 13.1. The number of hydrogen-bond acceptors (Lipinski definition) is 2. The molecule has 1 nitrogen and oxygen atoms in total. The Morgan fingerprint density at radius 1 is 1.29 bits per heavy atom. The maximum absolute atomic E-state index is 12.0. The maximum atomic E-state index is 12.0. The van der Waals surface area contributed by atoms with Gasteiger partial charge >= 0.3 is 0 Å². The fourth-order valence-corrected chi connectivity index (χ4v) is 3.37. The number of benzene rings is 1. The van der Waals surface area contributed by atoms with Gasteiger partial charge in [0.05, 0.1) is 5.75 Å². The van der Waals surface area contributed by atoms with E-state index in [1.165, 1.54) is 6.42 Å². The van der Waals surface area contributed by atoms with Crippen molar-refractivity contribution in [2.24, 2.45) is 0 Å². The van der Waals surface area contributed by atoms with Crippen molar-refractivity contribution in [1.82, 2.24) is 0 Å². The lowest BCUT2D eigenvalue weighted by Gasteiger charge is -2.11. The zero-order valence-corrected chi connectivity index (χ0v) is 12.0. The van der Waals surface area contributed by atoms with Crippen LogP contribution in [0.1, 0.15) is 25.7 Å². The Morgan fingerprint density at radius 2 is 2.12 bits per heavy atom. The van der Waals surface area contributed by atoms with Gasteiger partial charge in [0.1, 0.15) is 0 Å². The lowest BCUT2D eigenvalue weighted by molar-refractivity contribution is -0.113. The molecule has 90 valence electrons. The fraction of sp³-hybridized carbons (Fsp3) is 0.357. The minimum atomic E-state index is 0.297. The summed E-state index contributed by atoms with van der Waals surface area (Å²) in [5.41, 5.74) is 1.04. The van der Waals surface area contributed by atoms with Crippen molar-refractivity contribution in [3.8, 4) is 0 Å². The minimum absolute atomic E-state index is 0.297. The third kappa shape index (κ3) is 3.71. The van der Waals surface area contributed by atoms with Crippen molar-refractivity contribution in [3.63, 3.8) is 0 Å². The highest BCUT2D eigenvalue weighted by molar-refractivity contribution is 9.10. The second-order valence-corrected chi connectivity index (χ2v) is 5.99. The zero-order chi connectivity index (χ0) is 12.1. The number of thioether (sulfide) groups is 1. The van der Waals surface area contributed by atoms with Crippen LogP contribution in [0.25, 0.3) is 0 Å². The fourth-order valence-electron chi connectivity index (χ4n) is 1.89. The third-order valence-electron chi connectivity index (χ3n) is 2.84. The number of hydrogen-bond donors (Lipinski definition) is 0. The molecule has 0 saturated heterocycles. The SMILES string of the molecule is O=C(CSc1ccccc1Br)C1=CCCCC1. The van der Waals surface area contributed by atoms with E-state index in [9.17, 15) is 4.79 Å². The largest absolute Gasteiger partial charge is 0.294 e. The molecule has 0 spiro atoms. The molecule has 2 rings (SSSR count). The summed E-state index contributed by atoms with van der Waals surface area (Å²) in [5.74, 6) is 0.847. The molecule has 3 heteroatoms. The first-order valence-electron chi connectivity index (χ1n) is 5.87. The molecule has 1 aromatic rings. The Balaban J connectivity index is 1.92. The van der Waals surface area contributed by atoms with Crippen LogP contribution >= 0.6 is 27.7 Å². The van der Waals surface area contributed by atoms with Gasteiger partial charge in [0.25, 0.3) is 0 Å². The van der Waals surface area contributed by atoms with Crippen molar-refractivity contribution in [2.75, 3.05) is 5.75 Å². The Bertz CT molecular complexity index is 440. The smallest absolute Gasteiger partial charge is 0.168 e. The molecule has 1 aliphatic rings. The predicted molar refractivity (Wildman–Crippen MR) is 76.4 cm³/mol. The minimum Gasteiger partial charge on any atom is -0.294 e. The molecule has 0 radical (unpaired) electrons. The number of ketones is 1. The summed E-state index contributed by atoms with van der Waals surface area (Å²) in [5, 5.41) is 0. The monoisotopic (exact) mass is 310 g/mol. The summed E-state index contributed by atoms with van der Waals surface area (Å²) >= 11 is 5.11.